The van der Waals surface area contributed by atoms with Gasteiger partial charge in [-0.2, -0.15) is 13.2 Å². The van der Waals surface area contributed by atoms with Crippen molar-refractivity contribution in [2.75, 3.05) is 5.32 Å². The number of carbonyl (C=O) groups is 1. The summed E-state index contributed by atoms with van der Waals surface area (Å²) in [6.45, 7) is 1.84. The van der Waals surface area contributed by atoms with Crippen LogP contribution in [0, 0.1) is 12.7 Å². The summed E-state index contributed by atoms with van der Waals surface area (Å²) in [5.74, 6) is -1.14. The molecule has 0 saturated heterocycles. The Labute approximate surface area is 190 Å². The Kier molecular flexibility index (Phi) is 6.23. The number of halogens is 4. The summed E-state index contributed by atoms with van der Waals surface area (Å²) < 4.78 is 53.3. The Hall–Kier alpha value is -3.60. The first-order valence-electron chi connectivity index (χ1n) is 9.65. The van der Waals surface area contributed by atoms with Crippen LogP contribution < -0.4 is 16.0 Å². The lowest BCUT2D eigenvalue weighted by Gasteiger charge is -2.16. The molecular weight excluding hydrogens is 458 g/mol. The van der Waals surface area contributed by atoms with E-state index in [0.717, 1.165) is 29.2 Å². The van der Waals surface area contributed by atoms with E-state index in [1.54, 1.807) is 30.3 Å². The van der Waals surface area contributed by atoms with Crippen molar-refractivity contribution >= 4 is 34.9 Å². The van der Waals surface area contributed by atoms with Crippen molar-refractivity contribution in [3.05, 3.63) is 88.5 Å². The van der Waals surface area contributed by atoms with Gasteiger partial charge in [-0.1, -0.05) is 17.8 Å². The summed E-state index contributed by atoms with van der Waals surface area (Å²) in [6, 6.07) is 11.5. The first-order chi connectivity index (χ1) is 15.7. The van der Waals surface area contributed by atoms with Crippen molar-refractivity contribution in [2.24, 2.45) is 0 Å². The van der Waals surface area contributed by atoms with Crippen LogP contribution in [0.3, 0.4) is 0 Å². The first-order valence-corrected chi connectivity index (χ1v) is 10.6. The molecule has 1 aromatic heterocycles. The number of thioether (sulfide) groups is 1. The molecule has 0 bridgehead atoms. The summed E-state index contributed by atoms with van der Waals surface area (Å²) in [6.07, 6.45) is -3.35. The third-order valence-electron chi connectivity index (χ3n) is 4.69. The number of nitrogens with one attached hydrogen (secondary N) is 3. The van der Waals surface area contributed by atoms with E-state index in [4.69, 9.17) is 0 Å². The third kappa shape index (κ3) is 5.25. The molecule has 3 N–H and O–H groups in total. The van der Waals surface area contributed by atoms with Crippen molar-refractivity contribution in [3.63, 3.8) is 0 Å². The molecule has 1 amide bonds. The van der Waals surface area contributed by atoms with Gasteiger partial charge in [0.15, 0.2) is 5.50 Å². The van der Waals surface area contributed by atoms with E-state index in [-0.39, 0.29) is 11.3 Å². The van der Waals surface area contributed by atoms with Gasteiger partial charge in [-0.15, -0.1) is 0 Å². The van der Waals surface area contributed by atoms with Gasteiger partial charge in [-0.05, 0) is 48.7 Å². The van der Waals surface area contributed by atoms with Crippen molar-refractivity contribution in [1.82, 2.24) is 20.6 Å². The van der Waals surface area contributed by atoms with E-state index in [9.17, 15) is 22.4 Å². The Morgan fingerprint density at radius 1 is 1.12 bits per heavy atom. The highest BCUT2D eigenvalue weighted by Gasteiger charge is 2.35. The number of carbonyl (C=O) groups excluding carboxylic acids is 1. The van der Waals surface area contributed by atoms with E-state index in [2.05, 4.69) is 25.9 Å². The molecule has 6 nitrogen and oxygen atoms in total. The molecule has 2 aromatic carbocycles. The van der Waals surface area contributed by atoms with Gasteiger partial charge in [-0.25, -0.2) is 14.4 Å². The Bertz CT molecular complexity index is 1210. The summed E-state index contributed by atoms with van der Waals surface area (Å²) in [5, 5.41) is 10.1. The number of amides is 1. The number of aryl methyl sites for hydroxylation is 1. The zero-order valence-corrected chi connectivity index (χ0v) is 17.9. The number of benzene rings is 2. The van der Waals surface area contributed by atoms with Crippen LogP contribution >= 0.6 is 11.8 Å². The van der Waals surface area contributed by atoms with Crippen LogP contribution in [0.25, 0.3) is 5.70 Å². The van der Waals surface area contributed by atoms with Gasteiger partial charge in [0.05, 0.1) is 11.3 Å². The monoisotopic (exact) mass is 475 g/mol. The molecule has 170 valence electrons. The summed E-state index contributed by atoms with van der Waals surface area (Å²) in [5.41, 5.74) is -0.155. The molecule has 2 heterocycles. The van der Waals surface area contributed by atoms with Gasteiger partial charge in [-0.3, -0.25) is 4.79 Å². The zero-order valence-electron chi connectivity index (χ0n) is 17.1. The highest BCUT2D eigenvalue weighted by atomic mass is 32.2. The van der Waals surface area contributed by atoms with Crippen LogP contribution in [-0.4, -0.2) is 21.4 Å². The number of nitrogens with zero attached hydrogens (tertiary/aromatic N) is 2. The van der Waals surface area contributed by atoms with E-state index in [1.165, 1.54) is 17.8 Å². The lowest BCUT2D eigenvalue weighted by Crippen LogP contribution is -2.39. The number of rotatable bonds is 5. The number of hydrogen-bond donors (Lipinski definition) is 3. The van der Waals surface area contributed by atoms with Gasteiger partial charge in [0.2, 0.25) is 0 Å². The normalized spacial score (nSPS) is 15.5. The minimum atomic E-state index is -4.80. The van der Waals surface area contributed by atoms with Gasteiger partial charge < -0.3 is 16.0 Å². The predicted octanol–water partition coefficient (Wildman–Crippen LogP) is 5.03. The number of hydrogen-bond acceptors (Lipinski definition) is 6. The van der Waals surface area contributed by atoms with Gasteiger partial charge in [0, 0.05) is 28.6 Å². The van der Waals surface area contributed by atoms with Crippen LogP contribution in [0.2, 0.25) is 0 Å². The third-order valence-corrected chi connectivity index (χ3v) is 5.57. The summed E-state index contributed by atoms with van der Waals surface area (Å²) >= 11 is 1.12. The highest BCUT2D eigenvalue weighted by molar-refractivity contribution is 8.03. The quantitative estimate of drug-likeness (QED) is 0.449. The molecule has 11 heteroatoms. The second kappa shape index (κ2) is 9.10. The second-order valence-electron chi connectivity index (χ2n) is 7.08. The second-order valence-corrected chi connectivity index (χ2v) is 8.06. The maximum absolute atomic E-state index is 14.4. The maximum atomic E-state index is 14.4. The molecule has 0 radical (unpaired) electrons. The lowest BCUT2D eigenvalue weighted by molar-refractivity contribution is -0.140. The minimum absolute atomic E-state index is 0.161. The largest absolute Gasteiger partial charge is 0.419 e. The summed E-state index contributed by atoms with van der Waals surface area (Å²) in [4.78, 5) is 20.7. The Morgan fingerprint density at radius 3 is 2.58 bits per heavy atom. The molecule has 4 rings (SSSR count). The molecule has 3 aromatic rings. The van der Waals surface area contributed by atoms with Gasteiger partial charge >= 0.3 is 6.18 Å². The molecule has 0 spiro atoms. The highest BCUT2D eigenvalue weighted by Crippen LogP contribution is 2.35. The van der Waals surface area contributed by atoms with Crippen molar-refractivity contribution in [1.29, 1.82) is 0 Å². The number of alkyl halides is 3. The van der Waals surface area contributed by atoms with Crippen molar-refractivity contribution < 1.29 is 22.4 Å². The maximum Gasteiger partial charge on any atom is 0.419 e. The van der Waals surface area contributed by atoms with Crippen LogP contribution in [0.5, 0.6) is 0 Å². The molecule has 0 fully saturated rings. The van der Waals surface area contributed by atoms with Crippen molar-refractivity contribution in [2.45, 2.75) is 18.6 Å². The molecular formula is C22H17F4N5OS. The Balaban J connectivity index is 1.38. The minimum Gasteiger partial charge on any atom is -0.356 e. The lowest BCUT2D eigenvalue weighted by atomic mass is 10.1. The SMILES string of the molecule is Cc1cc(Nc2ccc(C(=O)NC3NC(c4cccc(C(F)(F)F)c4F)=CS3)cc2)ncn1. The molecule has 1 aliphatic heterocycles. The fraction of sp³-hybridized carbons (Fsp3) is 0.136. The van der Waals surface area contributed by atoms with E-state index in [1.807, 2.05) is 6.92 Å². The van der Waals surface area contributed by atoms with E-state index >= 15 is 0 Å². The van der Waals surface area contributed by atoms with Crippen molar-refractivity contribution in [3.8, 4) is 0 Å². The van der Waals surface area contributed by atoms with Crippen LogP contribution in [0.1, 0.15) is 27.2 Å². The molecule has 1 aliphatic rings. The number of aromatic nitrogens is 2. The van der Waals surface area contributed by atoms with Crippen LogP contribution in [-0.2, 0) is 6.18 Å². The summed E-state index contributed by atoms with van der Waals surface area (Å²) in [7, 11) is 0. The fourth-order valence-electron chi connectivity index (χ4n) is 3.09. The van der Waals surface area contributed by atoms with Crippen LogP contribution in [0.4, 0.5) is 29.1 Å². The standard InChI is InChI=1S/C22H17F4N5OS/c1-12-9-18(28-11-27-12)29-14-7-5-13(6-8-14)20(32)31-21-30-17(10-33-21)15-3-2-4-16(19(15)23)22(24,25)26/h2-11,21,30H,1H3,(H,31,32)(H,27,28,29). The molecule has 33 heavy (non-hydrogen) atoms. The molecule has 1 unspecified atom stereocenters. The van der Waals surface area contributed by atoms with Crippen LogP contribution in [0.15, 0.2) is 60.3 Å². The van der Waals surface area contributed by atoms with E-state index < -0.39 is 29.0 Å². The first kappa shape index (κ1) is 22.6. The smallest absolute Gasteiger partial charge is 0.356 e. The fourth-order valence-corrected chi connectivity index (χ4v) is 3.93. The predicted molar refractivity (Wildman–Crippen MR) is 118 cm³/mol. The number of anilines is 2. The molecule has 1 atom stereocenters. The molecule has 0 saturated carbocycles. The van der Waals surface area contributed by atoms with Gasteiger partial charge in [0.1, 0.15) is 18.0 Å². The average molecular weight is 475 g/mol. The Morgan fingerprint density at radius 2 is 1.88 bits per heavy atom. The van der Waals surface area contributed by atoms with Gasteiger partial charge in [0.25, 0.3) is 5.91 Å². The van der Waals surface area contributed by atoms with E-state index in [0.29, 0.717) is 17.4 Å². The zero-order chi connectivity index (χ0) is 23.6. The topological polar surface area (TPSA) is 78.9 Å². The molecule has 0 aliphatic carbocycles. The average Bonchev–Trinajstić information content (AvgIpc) is 3.21.